The molecule has 0 aliphatic heterocycles. The van der Waals surface area contributed by atoms with Gasteiger partial charge in [-0.05, 0) is 44.5 Å². The first kappa shape index (κ1) is 23.8. The van der Waals surface area contributed by atoms with E-state index in [1.165, 1.54) is 4.90 Å². The highest BCUT2D eigenvalue weighted by molar-refractivity contribution is 6.25. The molecular weight excluding hydrogens is 470 g/mol. The number of anilines is 2. The summed E-state index contributed by atoms with van der Waals surface area (Å²) in [4.78, 5) is 46.9. The smallest absolute Gasteiger partial charge is 0.293 e. The van der Waals surface area contributed by atoms with Gasteiger partial charge in [0, 0.05) is 31.3 Å². The van der Waals surface area contributed by atoms with E-state index in [0.717, 1.165) is 0 Å². The Morgan fingerprint density at radius 3 is 2.47 bits per heavy atom. The fourth-order valence-electron chi connectivity index (χ4n) is 6.10. The number of ketones is 2. The summed E-state index contributed by atoms with van der Waals surface area (Å²) in [5, 5.41) is 33.9. The van der Waals surface area contributed by atoms with Crippen LogP contribution in [0.15, 0.2) is 33.1 Å². The molecule has 1 aromatic carbocycles. The van der Waals surface area contributed by atoms with E-state index in [9.17, 15) is 29.7 Å². The van der Waals surface area contributed by atoms with E-state index in [1.807, 2.05) is 19.0 Å². The lowest BCUT2D eigenvalue weighted by atomic mass is 9.58. The molecule has 0 saturated heterocycles. The van der Waals surface area contributed by atoms with Gasteiger partial charge in [0.25, 0.3) is 11.9 Å². The third-order valence-corrected chi connectivity index (χ3v) is 7.58. The van der Waals surface area contributed by atoms with Crippen molar-refractivity contribution in [2.45, 2.75) is 24.5 Å². The van der Waals surface area contributed by atoms with E-state index in [1.54, 1.807) is 20.2 Å². The quantitative estimate of drug-likeness (QED) is 0.363. The third kappa shape index (κ3) is 2.88. The number of carbonyl (C=O) groups is 3. The number of Topliss-reactive ketones (excluding diaryl/α,β-unsaturated/α-hetero) is 2. The summed E-state index contributed by atoms with van der Waals surface area (Å²) in [6.07, 6.45) is 0.341. The van der Waals surface area contributed by atoms with Crippen LogP contribution in [0.3, 0.4) is 0 Å². The fourth-order valence-corrected chi connectivity index (χ4v) is 6.10. The topological polar surface area (TPSA) is 196 Å². The Labute approximate surface area is 205 Å². The first-order valence-corrected chi connectivity index (χ1v) is 11.3. The van der Waals surface area contributed by atoms with Crippen molar-refractivity contribution in [1.29, 1.82) is 0 Å². The van der Waals surface area contributed by atoms with Gasteiger partial charge in [0.1, 0.15) is 22.6 Å². The van der Waals surface area contributed by atoms with Crippen LogP contribution in [0.25, 0.3) is 11.1 Å². The number of nitrogens with zero attached hydrogens (tertiary/aromatic N) is 3. The van der Waals surface area contributed by atoms with Crippen LogP contribution in [0.4, 0.5) is 11.7 Å². The average Bonchev–Trinajstić information content (AvgIpc) is 3.14. The Morgan fingerprint density at radius 1 is 1.22 bits per heavy atom. The molecule has 0 spiro atoms. The van der Waals surface area contributed by atoms with Crippen molar-refractivity contribution in [1.82, 2.24) is 9.88 Å². The first-order chi connectivity index (χ1) is 16.8. The lowest BCUT2D eigenvalue weighted by molar-refractivity contribution is -0.148. The molecule has 1 amide bonds. The summed E-state index contributed by atoms with van der Waals surface area (Å²) in [7, 11) is 6.83. The summed E-state index contributed by atoms with van der Waals surface area (Å²) in [6.45, 7) is 0. The van der Waals surface area contributed by atoms with Gasteiger partial charge in [-0.1, -0.05) is 0 Å². The standard InChI is InChI=1S/C24H27N5O7/c1-28(2)12-7-11-19(36-23(26)27-11)14-9(12)5-8-6-10-16(29(3)4)18(31)15(22(25)34)21(33)24(10,35)20(32)13(8)17(14)30/h7-8,10,16,31-32,35H,5-6H2,1-4H3,(H2,25,34)(H2,26,27)/t8-,10-,16-,24?/m0/s1. The summed E-state index contributed by atoms with van der Waals surface area (Å²) in [6, 6.07) is 0.608. The van der Waals surface area contributed by atoms with Crippen LogP contribution in [0.5, 0.6) is 0 Å². The Bertz CT molecular complexity index is 1440. The van der Waals surface area contributed by atoms with Crippen LogP contribution in [-0.4, -0.2) is 82.5 Å². The van der Waals surface area contributed by atoms with Crippen LogP contribution in [0.2, 0.25) is 0 Å². The number of primary amides is 1. The number of aliphatic hydroxyl groups is 3. The number of nitrogen functional groups attached to an aromatic ring is 1. The number of aliphatic hydroxyl groups excluding tert-OH is 2. The molecule has 0 radical (unpaired) electrons. The number of oxazole rings is 1. The molecular formula is C24H27N5O7. The van der Waals surface area contributed by atoms with E-state index in [0.29, 0.717) is 16.8 Å². The molecule has 0 saturated carbocycles. The summed E-state index contributed by atoms with van der Waals surface area (Å²) in [5.41, 5.74) is 9.52. The predicted octanol–water partition coefficient (Wildman–Crippen LogP) is 0.204. The minimum absolute atomic E-state index is 0.0647. The van der Waals surface area contributed by atoms with Gasteiger partial charge in [0.05, 0.1) is 11.6 Å². The number of nitrogens with two attached hydrogens (primary N) is 2. The van der Waals surface area contributed by atoms with Crippen molar-refractivity contribution >= 4 is 40.3 Å². The number of benzene rings is 1. The Morgan fingerprint density at radius 2 is 1.89 bits per heavy atom. The number of aromatic nitrogens is 1. The van der Waals surface area contributed by atoms with Crippen LogP contribution < -0.4 is 16.4 Å². The van der Waals surface area contributed by atoms with E-state index < -0.39 is 58.0 Å². The van der Waals surface area contributed by atoms with Crippen molar-refractivity contribution in [3.63, 3.8) is 0 Å². The molecule has 7 N–H and O–H groups in total. The van der Waals surface area contributed by atoms with Crippen molar-refractivity contribution < 1.29 is 34.1 Å². The Balaban J connectivity index is 1.78. The maximum Gasteiger partial charge on any atom is 0.293 e. The van der Waals surface area contributed by atoms with Crippen LogP contribution in [0, 0.1) is 11.8 Å². The monoisotopic (exact) mass is 497 g/mol. The molecule has 3 aliphatic rings. The molecule has 1 aromatic heterocycles. The largest absolute Gasteiger partial charge is 0.510 e. The Kier molecular flexibility index (Phi) is 4.99. The van der Waals surface area contributed by atoms with Gasteiger partial charge in [-0.25, -0.2) is 0 Å². The van der Waals surface area contributed by atoms with Crippen LogP contribution >= 0.6 is 0 Å². The van der Waals surface area contributed by atoms with Crippen LogP contribution in [-0.2, 0) is 16.0 Å². The fraction of sp³-hybridized carbons (Fsp3) is 0.417. The molecule has 5 rings (SSSR count). The molecule has 2 aromatic rings. The lowest BCUT2D eigenvalue weighted by Gasteiger charge is -2.50. The molecule has 12 heteroatoms. The van der Waals surface area contributed by atoms with Gasteiger partial charge < -0.3 is 36.1 Å². The second kappa shape index (κ2) is 7.55. The van der Waals surface area contributed by atoms with E-state index in [2.05, 4.69) is 4.98 Å². The normalized spacial score (nSPS) is 27.9. The molecule has 1 heterocycles. The molecule has 190 valence electrons. The van der Waals surface area contributed by atoms with Gasteiger partial charge in [-0.3, -0.25) is 19.3 Å². The molecule has 3 aliphatic carbocycles. The first-order valence-electron chi connectivity index (χ1n) is 11.3. The van der Waals surface area contributed by atoms with Gasteiger partial charge in [-0.2, -0.15) is 4.98 Å². The van der Waals surface area contributed by atoms with Crippen LogP contribution in [0.1, 0.15) is 22.3 Å². The number of rotatable bonds is 3. The zero-order valence-electron chi connectivity index (χ0n) is 20.2. The lowest BCUT2D eigenvalue weighted by Crippen LogP contribution is -2.63. The number of hydrogen-bond acceptors (Lipinski definition) is 11. The molecule has 36 heavy (non-hydrogen) atoms. The molecule has 0 bridgehead atoms. The van der Waals surface area contributed by atoms with E-state index >= 15 is 0 Å². The van der Waals surface area contributed by atoms with Gasteiger partial charge >= 0.3 is 0 Å². The highest BCUT2D eigenvalue weighted by atomic mass is 16.4. The number of hydrogen-bond donors (Lipinski definition) is 5. The van der Waals surface area contributed by atoms with E-state index in [4.69, 9.17) is 15.9 Å². The number of carbonyl (C=O) groups excluding carboxylic acids is 3. The summed E-state index contributed by atoms with van der Waals surface area (Å²) < 4.78 is 5.54. The maximum atomic E-state index is 13.9. The van der Waals surface area contributed by atoms with Crippen molar-refractivity contribution in [3.8, 4) is 0 Å². The second-order valence-corrected chi connectivity index (χ2v) is 10.0. The minimum Gasteiger partial charge on any atom is -0.510 e. The minimum atomic E-state index is -2.64. The predicted molar refractivity (Wildman–Crippen MR) is 128 cm³/mol. The second-order valence-electron chi connectivity index (χ2n) is 10.0. The van der Waals surface area contributed by atoms with Crippen molar-refractivity contribution in [2.75, 3.05) is 38.8 Å². The molecule has 12 nitrogen and oxygen atoms in total. The highest BCUT2D eigenvalue weighted by Gasteiger charge is 2.63. The summed E-state index contributed by atoms with van der Waals surface area (Å²) in [5.74, 6) is -6.19. The SMILES string of the molecule is CN(C)c1cc2nc(N)oc2c2c1C[C@H]1C[C@H]3[C@H](N(C)C)C(O)=C(C(N)=O)C(=O)C3(O)C(O)=C1C2=O. The number of fused-ring (bicyclic) bond motifs is 5. The Hall–Kier alpha value is -3.90. The van der Waals surface area contributed by atoms with Crippen molar-refractivity contribution in [2.24, 2.45) is 17.6 Å². The van der Waals surface area contributed by atoms with Gasteiger partial charge in [-0.15, -0.1) is 0 Å². The average molecular weight is 498 g/mol. The van der Waals surface area contributed by atoms with E-state index in [-0.39, 0.29) is 35.6 Å². The molecule has 1 unspecified atom stereocenters. The zero-order chi connectivity index (χ0) is 26.4. The number of allylic oxidation sites excluding steroid dienone is 1. The number of likely N-dealkylation sites (N-methyl/N-ethyl adjacent to an activating group) is 1. The zero-order valence-corrected chi connectivity index (χ0v) is 20.2. The van der Waals surface area contributed by atoms with Gasteiger partial charge in [0.15, 0.2) is 17.0 Å². The van der Waals surface area contributed by atoms with Crippen molar-refractivity contribution in [3.05, 3.63) is 39.9 Å². The maximum absolute atomic E-state index is 13.9. The van der Waals surface area contributed by atoms with Gasteiger partial charge in [0.2, 0.25) is 5.78 Å². The third-order valence-electron chi connectivity index (χ3n) is 7.58. The molecule has 0 fully saturated rings. The summed E-state index contributed by atoms with van der Waals surface area (Å²) >= 11 is 0. The number of amides is 1. The molecule has 4 atom stereocenters. The highest BCUT2D eigenvalue weighted by Crippen LogP contribution is 2.53.